The Bertz CT molecular complexity index is 340. The third kappa shape index (κ3) is 4.23. The van der Waals surface area contributed by atoms with E-state index in [4.69, 9.17) is 9.05 Å². The van der Waals surface area contributed by atoms with Gasteiger partial charge in [-0.2, -0.15) is 5.26 Å². The van der Waals surface area contributed by atoms with Gasteiger partial charge < -0.3 is 13.8 Å². The second-order valence-corrected chi connectivity index (χ2v) is 6.42. The summed E-state index contributed by atoms with van der Waals surface area (Å²) in [7, 11) is -3.51. The first-order valence-electron chi connectivity index (χ1n) is 5.65. The van der Waals surface area contributed by atoms with Crippen LogP contribution in [0.1, 0.15) is 40.5 Å². The van der Waals surface area contributed by atoms with Crippen LogP contribution in [-0.2, 0) is 18.4 Å². The van der Waals surface area contributed by atoms with Crippen LogP contribution in [0.25, 0.3) is 0 Å². The monoisotopic (exact) mass is 261 g/mol. The predicted octanol–water partition coefficient (Wildman–Crippen LogP) is 2.90. The average molecular weight is 261 g/mol. The lowest BCUT2D eigenvalue weighted by Gasteiger charge is -2.29. The predicted molar refractivity (Wildman–Crippen MR) is 64.8 cm³/mol. The fourth-order valence-corrected chi connectivity index (χ4v) is 3.17. The molecule has 0 aliphatic heterocycles. The number of hydrogen-bond donors (Lipinski definition) is 0. The smallest absolute Gasteiger partial charge is 0.308 e. The molecule has 0 aromatic rings. The van der Waals surface area contributed by atoms with E-state index in [-0.39, 0.29) is 31.8 Å². The quantitative estimate of drug-likeness (QED) is 0.628. The summed E-state index contributed by atoms with van der Waals surface area (Å²) in [5.41, 5.74) is 0. The van der Waals surface area contributed by atoms with Gasteiger partial charge in [0.2, 0.25) is 0 Å². The van der Waals surface area contributed by atoms with Gasteiger partial charge in [-0.1, -0.05) is 0 Å². The molecular weight excluding hydrogens is 241 g/mol. The fourth-order valence-electron chi connectivity index (χ4n) is 1.34. The molecule has 0 heterocycles. The van der Waals surface area contributed by atoms with E-state index in [9.17, 15) is 14.6 Å². The molecule has 17 heavy (non-hydrogen) atoms. The summed E-state index contributed by atoms with van der Waals surface area (Å²) in [4.78, 5) is 11.0. The Labute approximate surface area is 103 Å². The van der Waals surface area contributed by atoms with Gasteiger partial charge in [0.05, 0.1) is 19.3 Å². The fraction of sp³-hybridized carbons (Fsp3) is 0.818. The second kappa shape index (κ2) is 6.90. The molecule has 0 unspecified atom stereocenters. The summed E-state index contributed by atoms with van der Waals surface area (Å²) in [5.74, 6) is -0.0500. The first-order chi connectivity index (χ1) is 7.85. The minimum Gasteiger partial charge on any atom is -0.308 e. The molecule has 0 fully saturated rings. The van der Waals surface area contributed by atoms with Gasteiger partial charge in [0.1, 0.15) is 5.78 Å². The van der Waals surface area contributed by atoms with Gasteiger partial charge in [0.15, 0.2) is 5.16 Å². The molecule has 0 spiro atoms. The largest absolute Gasteiger partial charge is 0.350 e. The van der Waals surface area contributed by atoms with Crippen molar-refractivity contribution in [1.29, 1.82) is 5.26 Å². The van der Waals surface area contributed by atoms with Crippen LogP contribution in [0, 0.1) is 11.3 Å². The van der Waals surface area contributed by atoms with Crippen LogP contribution in [0.5, 0.6) is 0 Å². The lowest BCUT2D eigenvalue weighted by atomic mass is 10.1. The van der Waals surface area contributed by atoms with Crippen LogP contribution in [0.3, 0.4) is 0 Å². The highest BCUT2D eigenvalue weighted by atomic mass is 31.2. The van der Waals surface area contributed by atoms with E-state index in [1.54, 1.807) is 13.8 Å². The minimum atomic E-state index is -3.51. The first kappa shape index (κ1) is 16.3. The van der Waals surface area contributed by atoms with Crippen LogP contribution in [0.2, 0.25) is 0 Å². The lowest BCUT2D eigenvalue weighted by Crippen LogP contribution is -2.26. The number of nitrogens with zero attached hydrogens (tertiary/aromatic N) is 1. The maximum atomic E-state index is 12.5. The van der Waals surface area contributed by atoms with E-state index in [2.05, 4.69) is 0 Å². The molecule has 0 aliphatic rings. The number of Topliss-reactive ketones (excluding diaryl/α,β-unsaturated/α-hetero) is 1. The van der Waals surface area contributed by atoms with Crippen molar-refractivity contribution in [2.24, 2.45) is 0 Å². The normalized spacial score (nSPS) is 15.0. The second-order valence-electron chi connectivity index (χ2n) is 3.92. The third-order valence-corrected chi connectivity index (χ3v) is 5.14. The van der Waals surface area contributed by atoms with Gasteiger partial charge in [-0.15, -0.1) is 0 Å². The lowest BCUT2D eigenvalue weighted by molar-refractivity contribution is -0.117. The summed E-state index contributed by atoms with van der Waals surface area (Å²) in [6.45, 7) is 6.73. The molecule has 0 aromatic heterocycles. The number of nitriles is 1. The molecule has 0 aromatic carbocycles. The Hall–Kier alpha value is -0.690. The summed E-state index contributed by atoms with van der Waals surface area (Å²) in [5, 5.41) is 7.92. The molecule has 6 heteroatoms. The zero-order valence-corrected chi connectivity index (χ0v) is 11.8. The number of hydrogen-bond acceptors (Lipinski definition) is 5. The molecule has 0 saturated carbocycles. The zero-order valence-electron chi connectivity index (χ0n) is 10.9. The Morgan fingerprint density at radius 1 is 1.35 bits per heavy atom. The first-order valence-corrected chi connectivity index (χ1v) is 7.19. The molecule has 98 valence electrons. The van der Waals surface area contributed by atoms with Gasteiger partial charge >= 0.3 is 7.60 Å². The van der Waals surface area contributed by atoms with Crippen molar-refractivity contribution in [3.05, 3.63) is 0 Å². The van der Waals surface area contributed by atoms with Crippen molar-refractivity contribution in [2.75, 3.05) is 13.2 Å². The average Bonchev–Trinajstić information content (AvgIpc) is 2.26. The van der Waals surface area contributed by atoms with Crippen LogP contribution in [0.4, 0.5) is 0 Å². The summed E-state index contributed by atoms with van der Waals surface area (Å²) in [6.07, 6.45) is 0.365. The van der Waals surface area contributed by atoms with Gasteiger partial charge in [0, 0.05) is 6.42 Å². The van der Waals surface area contributed by atoms with Crippen molar-refractivity contribution < 1.29 is 18.4 Å². The SMILES string of the molecule is CCOP(=O)(OCC)[C@](C)(C#N)CCC(C)=O. The van der Waals surface area contributed by atoms with E-state index in [1.807, 2.05) is 6.07 Å². The Balaban J connectivity index is 5.07. The van der Waals surface area contributed by atoms with Crippen LogP contribution < -0.4 is 0 Å². The van der Waals surface area contributed by atoms with Crippen molar-refractivity contribution in [2.45, 2.75) is 45.7 Å². The molecular formula is C11H20NO4P. The van der Waals surface area contributed by atoms with Crippen molar-refractivity contribution in [3.63, 3.8) is 0 Å². The molecule has 0 bridgehead atoms. The van der Waals surface area contributed by atoms with Crippen LogP contribution in [-0.4, -0.2) is 24.2 Å². The number of carbonyl (C=O) groups excluding carboxylic acids is 1. The third-order valence-electron chi connectivity index (χ3n) is 2.41. The highest BCUT2D eigenvalue weighted by Crippen LogP contribution is 2.61. The maximum Gasteiger partial charge on any atom is 0.350 e. The van der Waals surface area contributed by atoms with Gasteiger partial charge in [-0.25, -0.2) is 0 Å². The molecule has 0 amide bonds. The molecule has 0 N–H and O–H groups in total. The molecule has 0 rings (SSSR count). The summed E-state index contributed by atoms with van der Waals surface area (Å²) < 4.78 is 22.8. The van der Waals surface area contributed by atoms with E-state index in [0.717, 1.165) is 0 Å². The van der Waals surface area contributed by atoms with E-state index < -0.39 is 12.8 Å². The van der Waals surface area contributed by atoms with Crippen molar-refractivity contribution >= 4 is 13.4 Å². The molecule has 1 atom stereocenters. The molecule has 5 nitrogen and oxygen atoms in total. The number of carbonyl (C=O) groups is 1. The highest BCUT2D eigenvalue weighted by molar-refractivity contribution is 7.56. The number of rotatable bonds is 8. The maximum absolute atomic E-state index is 12.5. The standard InChI is InChI=1S/C11H20NO4P/c1-5-15-17(14,16-6-2)11(4,9-12)8-7-10(3)13/h5-8H2,1-4H3/t11-/m0/s1. The zero-order chi connectivity index (χ0) is 13.5. The van der Waals surface area contributed by atoms with Gasteiger partial charge in [0.25, 0.3) is 0 Å². The Morgan fingerprint density at radius 3 is 2.12 bits per heavy atom. The van der Waals surface area contributed by atoms with E-state index in [1.165, 1.54) is 13.8 Å². The summed E-state index contributed by atoms with van der Waals surface area (Å²) in [6, 6.07) is 1.98. The highest BCUT2D eigenvalue weighted by Gasteiger charge is 2.47. The Kier molecular flexibility index (Phi) is 6.62. The minimum absolute atomic E-state index is 0.0500. The van der Waals surface area contributed by atoms with E-state index >= 15 is 0 Å². The van der Waals surface area contributed by atoms with Gasteiger partial charge in [-0.3, -0.25) is 4.57 Å². The van der Waals surface area contributed by atoms with E-state index in [0.29, 0.717) is 0 Å². The Morgan fingerprint density at radius 2 is 1.82 bits per heavy atom. The molecule has 0 saturated heterocycles. The van der Waals surface area contributed by atoms with Crippen molar-refractivity contribution in [3.8, 4) is 6.07 Å². The van der Waals surface area contributed by atoms with Gasteiger partial charge in [-0.05, 0) is 34.1 Å². The topological polar surface area (TPSA) is 76.4 Å². The summed E-state index contributed by atoms with van der Waals surface area (Å²) >= 11 is 0. The van der Waals surface area contributed by atoms with Crippen LogP contribution >= 0.6 is 7.60 Å². The van der Waals surface area contributed by atoms with Crippen LogP contribution in [0.15, 0.2) is 0 Å². The van der Waals surface area contributed by atoms with Crippen molar-refractivity contribution in [1.82, 2.24) is 0 Å². The molecule has 0 radical (unpaired) electrons. The molecule has 0 aliphatic carbocycles. The number of ketones is 1.